The fourth-order valence-electron chi connectivity index (χ4n) is 4.76. The van der Waals surface area contributed by atoms with Crippen molar-refractivity contribution in [1.29, 1.82) is 0 Å². The van der Waals surface area contributed by atoms with Crippen molar-refractivity contribution in [3.05, 3.63) is 30.2 Å². The van der Waals surface area contributed by atoms with Crippen molar-refractivity contribution in [2.24, 2.45) is 5.92 Å². The molecule has 0 saturated heterocycles. The minimum absolute atomic E-state index is 0.0935. The second kappa shape index (κ2) is 11.2. The highest BCUT2D eigenvalue weighted by molar-refractivity contribution is 7.86. The van der Waals surface area contributed by atoms with Gasteiger partial charge in [0.25, 0.3) is 10.1 Å². The predicted octanol–water partition coefficient (Wildman–Crippen LogP) is 3.29. The van der Waals surface area contributed by atoms with Crippen LogP contribution in [0.25, 0.3) is 22.9 Å². The molecule has 1 aliphatic carbocycles. The van der Waals surface area contributed by atoms with Crippen molar-refractivity contribution in [3.8, 4) is 34.4 Å². The summed E-state index contributed by atoms with van der Waals surface area (Å²) in [6, 6.07) is 5.56. The number of hydrogen-bond acceptors (Lipinski definition) is 10. The predicted molar refractivity (Wildman–Crippen MR) is 149 cm³/mol. The molecule has 40 heavy (non-hydrogen) atoms. The number of nitrogens with zero attached hydrogens (tertiary/aromatic N) is 5. The van der Waals surface area contributed by atoms with Crippen LogP contribution in [0.3, 0.4) is 0 Å². The van der Waals surface area contributed by atoms with Crippen LogP contribution in [0, 0.1) is 12.8 Å². The lowest BCUT2D eigenvalue weighted by atomic mass is 9.98. The van der Waals surface area contributed by atoms with E-state index in [1.54, 1.807) is 12.1 Å². The summed E-state index contributed by atoms with van der Waals surface area (Å²) in [6.45, 7) is 6.61. The average Bonchev–Trinajstić information content (AvgIpc) is 3.49. The van der Waals surface area contributed by atoms with E-state index in [4.69, 9.17) is 22.8 Å². The fourth-order valence-corrected chi connectivity index (χ4v) is 5.57. The van der Waals surface area contributed by atoms with Crippen molar-refractivity contribution in [3.63, 3.8) is 0 Å². The summed E-state index contributed by atoms with van der Waals surface area (Å²) >= 11 is -1.57. The number of benzene rings is 1. The zero-order valence-corrected chi connectivity index (χ0v) is 25.0. The topological polar surface area (TPSA) is 137 Å². The van der Waals surface area contributed by atoms with E-state index < -0.39 is 26.8 Å². The third-order valence-electron chi connectivity index (χ3n) is 6.73. The van der Waals surface area contributed by atoms with Gasteiger partial charge in [-0.1, -0.05) is 12.8 Å². The standard InChI is InChI=1S/C26H35N5O7S2/c1-17(2)31-25(27-18(3)29-31)22-14-30-10-11-35-23-12-20(8-9-21(23)24(30)28-22)38-26(13-19-6-7-19,15-36-39(4)32)16-37-40(5,33)34/h8-9,12,14,17,19H,6-7,10-11,13,15-16H2,1-5H3. The van der Waals surface area contributed by atoms with Crippen molar-refractivity contribution < 1.29 is 30.5 Å². The van der Waals surface area contributed by atoms with Gasteiger partial charge >= 0.3 is 0 Å². The van der Waals surface area contributed by atoms with E-state index in [9.17, 15) is 12.6 Å². The van der Waals surface area contributed by atoms with Crippen LogP contribution in [0.2, 0.25) is 0 Å². The molecule has 0 radical (unpaired) electrons. The van der Waals surface area contributed by atoms with Gasteiger partial charge in [0.15, 0.2) is 22.5 Å². The molecule has 0 amide bonds. The summed E-state index contributed by atoms with van der Waals surface area (Å²) in [5.41, 5.74) is 0.359. The lowest BCUT2D eigenvalue weighted by Crippen LogP contribution is -2.47. The van der Waals surface area contributed by atoms with Crippen LogP contribution < -0.4 is 9.47 Å². The molecule has 0 spiro atoms. The molecule has 1 aromatic carbocycles. The Bertz CT molecular complexity index is 1510. The molecule has 1 saturated carbocycles. The maximum atomic E-state index is 11.9. The highest BCUT2D eigenvalue weighted by Gasteiger charge is 2.41. The SMILES string of the molecule is Cc1nc(-c2cn3c(n2)-c2ccc(OC(COS(C)=O)(COS(C)(=O)=O)CC4CC4)cc2OCC3)n(C(C)C)n1. The maximum Gasteiger partial charge on any atom is 0.264 e. The normalized spacial score (nSPS) is 17.4. The van der Waals surface area contributed by atoms with Gasteiger partial charge in [0.2, 0.25) is 0 Å². The van der Waals surface area contributed by atoms with Gasteiger partial charge in [0.1, 0.15) is 48.7 Å². The zero-order valence-electron chi connectivity index (χ0n) is 23.3. The van der Waals surface area contributed by atoms with Gasteiger partial charge in [0.05, 0.1) is 18.4 Å². The van der Waals surface area contributed by atoms with E-state index in [-0.39, 0.29) is 19.3 Å². The largest absolute Gasteiger partial charge is 0.491 e. The van der Waals surface area contributed by atoms with Gasteiger partial charge in [-0.05, 0) is 45.2 Å². The number of aryl methyl sites for hydroxylation is 1. The molecule has 2 atom stereocenters. The number of imidazole rings is 1. The molecule has 3 aromatic rings. The third kappa shape index (κ3) is 6.73. The summed E-state index contributed by atoms with van der Waals surface area (Å²) in [4.78, 5) is 9.52. The van der Waals surface area contributed by atoms with Crippen LogP contribution in [0.15, 0.2) is 24.4 Å². The minimum atomic E-state index is -3.74. The Kier molecular flexibility index (Phi) is 8.06. The summed E-state index contributed by atoms with van der Waals surface area (Å²) in [7, 11) is -3.74. The number of ether oxygens (including phenoxy) is 2. The lowest BCUT2D eigenvalue weighted by Gasteiger charge is -2.33. The first-order valence-electron chi connectivity index (χ1n) is 13.2. The number of rotatable bonds is 12. The van der Waals surface area contributed by atoms with Gasteiger partial charge in [0, 0.05) is 24.6 Å². The van der Waals surface area contributed by atoms with Gasteiger partial charge in [-0.3, -0.25) is 8.37 Å². The van der Waals surface area contributed by atoms with E-state index in [1.807, 2.05) is 28.4 Å². The van der Waals surface area contributed by atoms with Crippen molar-refractivity contribution in [2.45, 2.75) is 58.2 Å². The smallest absolute Gasteiger partial charge is 0.264 e. The van der Waals surface area contributed by atoms with Gasteiger partial charge < -0.3 is 14.0 Å². The van der Waals surface area contributed by atoms with E-state index in [1.165, 1.54) is 6.26 Å². The molecule has 0 N–H and O–H groups in total. The van der Waals surface area contributed by atoms with E-state index >= 15 is 0 Å². The van der Waals surface area contributed by atoms with Gasteiger partial charge in [-0.2, -0.15) is 13.5 Å². The molecule has 1 aliphatic heterocycles. The van der Waals surface area contributed by atoms with Crippen LogP contribution in [-0.4, -0.2) is 74.9 Å². The second-order valence-corrected chi connectivity index (χ2v) is 13.4. The minimum Gasteiger partial charge on any atom is -0.491 e. The van der Waals surface area contributed by atoms with Crippen molar-refractivity contribution in [1.82, 2.24) is 24.3 Å². The van der Waals surface area contributed by atoms with Gasteiger partial charge in [-0.15, -0.1) is 0 Å². The number of aromatic nitrogens is 5. The Morgan fingerprint density at radius 2 is 1.98 bits per heavy atom. The van der Waals surface area contributed by atoms with Crippen molar-refractivity contribution >= 4 is 21.2 Å². The fraction of sp³-hybridized carbons (Fsp3) is 0.577. The van der Waals surface area contributed by atoms with Gasteiger partial charge in [-0.25, -0.2) is 18.9 Å². The molecule has 3 heterocycles. The number of hydrogen-bond donors (Lipinski definition) is 0. The van der Waals surface area contributed by atoms with Crippen LogP contribution in [0.5, 0.6) is 11.5 Å². The summed E-state index contributed by atoms with van der Waals surface area (Å²) in [6.07, 6.45) is 6.87. The Balaban J connectivity index is 1.47. The highest BCUT2D eigenvalue weighted by atomic mass is 32.2. The molecule has 12 nitrogen and oxygen atoms in total. The second-order valence-electron chi connectivity index (χ2n) is 10.7. The molecule has 14 heteroatoms. The van der Waals surface area contributed by atoms with Crippen LogP contribution in [0.4, 0.5) is 0 Å². The molecule has 218 valence electrons. The Hall–Kier alpha value is -2.81. The average molecular weight is 594 g/mol. The van der Waals surface area contributed by atoms with E-state index in [0.717, 1.165) is 36.2 Å². The highest BCUT2D eigenvalue weighted by Crippen LogP contribution is 2.41. The first-order valence-corrected chi connectivity index (χ1v) is 16.5. The Morgan fingerprint density at radius 3 is 2.65 bits per heavy atom. The summed E-state index contributed by atoms with van der Waals surface area (Å²) in [5, 5.41) is 4.52. The van der Waals surface area contributed by atoms with E-state index in [2.05, 4.69) is 23.9 Å². The molecular weight excluding hydrogens is 558 g/mol. The maximum absolute atomic E-state index is 11.9. The molecular formula is C26H35N5O7S2. The summed E-state index contributed by atoms with van der Waals surface area (Å²) in [5.74, 6) is 3.51. The summed E-state index contributed by atoms with van der Waals surface area (Å²) < 4.78 is 62.6. The van der Waals surface area contributed by atoms with Crippen LogP contribution in [0.1, 0.15) is 45.0 Å². The Morgan fingerprint density at radius 1 is 1.20 bits per heavy atom. The van der Waals surface area contributed by atoms with Crippen molar-refractivity contribution in [2.75, 3.05) is 32.3 Å². The first kappa shape index (κ1) is 28.7. The molecule has 2 unspecified atom stereocenters. The zero-order chi connectivity index (χ0) is 28.7. The quantitative estimate of drug-likeness (QED) is 0.288. The molecule has 2 aromatic heterocycles. The first-order chi connectivity index (χ1) is 18.9. The molecule has 0 bridgehead atoms. The Labute approximate surface area is 236 Å². The molecule has 5 rings (SSSR count). The lowest BCUT2D eigenvalue weighted by molar-refractivity contribution is -0.0233. The van der Waals surface area contributed by atoms with Crippen LogP contribution >= 0.6 is 0 Å². The number of fused-ring (bicyclic) bond motifs is 3. The van der Waals surface area contributed by atoms with E-state index in [0.29, 0.717) is 48.6 Å². The molecule has 2 aliphatic rings. The monoisotopic (exact) mass is 593 g/mol. The molecule has 1 fully saturated rings. The van der Waals surface area contributed by atoms with Crippen LogP contribution in [-0.2, 0) is 36.1 Å². The third-order valence-corrected chi connectivity index (χ3v) is 7.73.